The topological polar surface area (TPSA) is 94.0 Å². The van der Waals surface area contributed by atoms with Crippen molar-refractivity contribution in [2.75, 3.05) is 17.7 Å². The zero-order chi connectivity index (χ0) is 21.6. The van der Waals surface area contributed by atoms with Crippen LogP contribution < -0.4 is 25.7 Å². The fourth-order valence-corrected chi connectivity index (χ4v) is 2.98. The van der Waals surface area contributed by atoms with E-state index in [1.54, 1.807) is 74.0 Å². The van der Waals surface area contributed by atoms with Crippen molar-refractivity contribution in [2.24, 2.45) is 0 Å². The Labute approximate surface area is 178 Å². The van der Waals surface area contributed by atoms with E-state index in [9.17, 15) is 9.59 Å². The first-order chi connectivity index (χ1) is 15.1. The molecule has 2 heterocycles. The molecule has 0 saturated heterocycles. The summed E-state index contributed by atoms with van der Waals surface area (Å²) in [4.78, 5) is 29.1. The van der Waals surface area contributed by atoms with E-state index < -0.39 is 6.03 Å². The van der Waals surface area contributed by atoms with Crippen LogP contribution in [0.4, 0.5) is 16.2 Å². The first-order valence-corrected chi connectivity index (χ1v) is 9.53. The largest absolute Gasteiger partial charge is 0.497 e. The Morgan fingerprint density at radius 2 is 1.77 bits per heavy atom. The van der Waals surface area contributed by atoms with Gasteiger partial charge in [-0.25, -0.2) is 9.78 Å². The molecule has 4 rings (SSSR count). The number of carbonyl (C=O) groups excluding carboxylic acids is 1. The fourth-order valence-electron chi connectivity index (χ4n) is 2.98. The number of rotatable bonds is 6. The number of nitrogens with one attached hydrogen (secondary N) is 2. The molecule has 0 aliphatic heterocycles. The molecular formula is C23H20N4O4. The van der Waals surface area contributed by atoms with E-state index in [2.05, 4.69) is 15.6 Å². The summed E-state index contributed by atoms with van der Waals surface area (Å²) in [6.45, 7) is 0.0828. The van der Waals surface area contributed by atoms with E-state index in [4.69, 9.17) is 9.47 Å². The van der Waals surface area contributed by atoms with Gasteiger partial charge in [0.15, 0.2) is 0 Å². The maximum Gasteiger partial charge on any atom is 0.323 e. The van der Waals surface area contributed by atoms with Crippen LogP contribution in [-0.2, 0) is 6.61 Å². The molecule has 2 aromatic carbocycles. The Balaban J connectivity index is 1.44. The highest BCUT2D eigenvalue weighted by Crippen LogP contribution is 2.25. The number of methoxy groups -OCH3 is 1. The van der Waals surface area contributed by atoms with Gasteiger partial charge in [-0.15, -0.1) is 0 Å². The predicted octanol–water partition coefficient (Wildman–Crippen LogP) is 3.93. The van der Waals surface area contributed by atoms with E-state index in [1.165, 1.54) is 10.5 Å². The van der Waals surface area contributed by atoms with Gasteiger partial charge in [-0.3, -0.25) is 9.20 Å². The van der Waals surface area contributed by atoms with Crippen LogP contribution >= 0.6 is 0 Å². The molecule has 2 N–H and O–H groups in total. The van der Waals surface area contributed by atoms with Crippen molar-refractivity contribution >= 4 is 23.1 Å². The average molecular weight is 416 g/mol. The van der Waals surface area contributed by atoms with Crippen molar-refractivity contribution in [2.45, 2.75) is 6.61 Å². The normalized spacial score (nSPS) is 10.5. The molecule has 0 saturated carbocycles. The third kappa shape index (κ3) is 4.81. The zero-order valence-corrected chi connectivity index (χ0v) is 16.7. The predicted molar refractivity (Wildman–Crippen MR) is 118 cm³/mol. The number of para-hydroxylation sites is 2. The maximum atomic E-state index is 12.4. The van der Waals surface area contributed by atoms with Crippen molar-refractivity contribution in [3.05, 3.63) is 95.0 Å². The second-order valence-electron chi connectivity index (χ2n) is 6.61. The summed E-state index contributed by atoms with van der Waals surface area (Å²) in [7, 11) is 1.58. The monoisotopic (exact) mass is 416 g/mol. The van der Waals surface area contributed by atoms with E-state index in [0.29, 0.717) is 34.2 Å². The van der Waals surface area contributed by atoms with Crippen LogP contribution in [0.2, 0.25) is 0 Å². The summed E-state index contributed by atoms with van der Waals surface area (Å²) in [5.41, 5.74) is 1.96. The summed E-state index contributed by atoms with van der Waals surface area (Å²) in [5, 5.41) is 5.53. The molecule has 0 aliphatic carbocycles. The van der Waals surface area contributed by atoms with Gasteiger partial charge in [0.1, 0.15) is 23.8 Å². The Morgan fingerprint density at radius 3 is 2.58 bits per heavy atom. The summed E-state index contributed by atoms with van der Waals surface area (Å²) < 4.78 is 12.4. The lowest BCUT2D eigenvalue weighted by molar-refractivity contribution is 0.261. The van der Waals surface area contributed by atoms with Crippen LogP contribution in [0.15, 0.2) is 83.8 Å². The number of ether oxygens (including phenoxy) is 2. The maximum absolute atomic E-state index is 12.4. The molecule has 2 amide bonds. The highest BCUT2D eigenvalue weighted by molar-refractivity contribution is 6.00. The first-order valence-electron chi connectivity index (χ1n) is 9.53. The summed E-state index contributed by atoms with van der Waals surface area (Å²) in [6.07, 6.45) is 1.66. The zero-order valence-electron chi connectivity index (χ0n) is 16.7. The minimum Gasteiger partial charge on any atom is -0.497 e. The molecule has 8 nitrogen and oxygen atoms in total. The van der Waals surface area contributed by atoms with Crippen LogP contribution in [0, 0.1) is 0 Å². The van der Waals surface area contributed by atoms with Gasteiger partial charge in [-0.1, -0.05) is 18.2 Å². The number of carbonyl (C=O) groups is 1. The smallest absolute Gasteiger partial charge is 0.323 e. The molecule has 156 valence electrons. The lowest BCUT2D eigenvalue weighted by atomic mass is 10.3. The second kappa shape index (κ2) is 9.00. The Kier molecular flexibility index (Phi) is 5.79. The molecule has 0 fully saturated rings. The fraction of sp³-hybridized carbons (Fsp3) is 0.0870. The van der Waals surface area contributed by atoms with Gasteiger partial charge in [0.05, 0.1) is 18.5 Å². The number of anilines is 2. The number of fused-ring (bicyclic) bond motifs is 1. The van der Waals surface area contributed by atoms with Gasteiger partial charge in [0, 0.05) is 18.0 Å². The van der Waals surface area contributed by atoms with Gasteiger partial charge in [0.2, 0.25) is 0 Å². The van der Waals surface area contributed by atoms with E-state index in [0.717, 1.165) is 0 Å². The number of pyridine rings is 1. The van der Waals surface area contributed by atoms with Crippen LogP contribution in [0.25, 0.3) is 5.65 Å². The minimum atomic E-state index is -0.414. The average Bonchev–Trinajstić information content (AvgIpc) is 2.79. The highest BCUT2D eigenvalue weighted by Gasteiger charge is 2.09. The molecule has 0 unspecified atom stereocenters. The Hall–Kier alpha value is -4.33. The van der Waals surface area contributed by atoms with Gasteiger partial charge in [-0.2, -0.15) is 0 Å². The lowest BCUT2D eigenvalue weighted by Crippen LogP contribution is -2.20. The number of benzene rings is 2. The van der Waals surface area contributed by atoms with Crippen molar-refractivity contribution in [3.8, 4) is 11.5 Å². The van der Waals surface area contributed by atoms with Crippen molar-refractivity contribution in [1.29, 1.82) is 0 Å². The number of hydrogen-bond donors (Lipinski definition) is 2. The Bertz CT molecular complexity index is 1270. The standard InChI is InChI=1S/C23H20N4O4/c1-30-18-11-9-16(10-12-18)25-23(29)26-19-6-2-3-7-20(19)31-15-17-14-22(28)27-13-5-4-8-21(27)24-17/h2-14H,15H2,1H3,(H2,25,26,29). The van der Waals surface area contributed by atoms with Crippen molar-refractivity contribution in [3.63, 3.8) is 0 Å². The van der Waals surface area contributed by atoms with Gasteiger partial charge < -0.3 is 20.1 Å². The SMILES string of the molecule is COc1ccc(NC(=O)Nc2ccccc2OCc2cc(=O)n3ccccc3n2)cc1. The summed E-state index contributed by atoms with van der Waals surface area (Å²) in [5.74, 6) is 1.16. The quantitative estimate of drug-likeness (QED) is 0.497. The summed E-state index contributed by atoms with van der Waals surface area (Å²) in [6, 6.07) is 20.4. The van der Waals surface area contributed by atoms with Crippen LogP contribution in [-0.4, -0.2) is 22.5 Å². The van der Waals surface area contributed by atoms with Crippen LogP contribution in [0.3, 0.4) is 0 Å². The van der Waals surface area contributed by atoms with E-state index >= 15 is 0 Å². The molecule has 0 atom stereocenters. The molecule has 0 radical (unpaired) electrons. The number of aromatic nitrogens is 2. The van der Waals surface area contributed by atoms with Gasteiger partial charge >= 0.3 is 6.03 Å². The third-order valence-corrected chi connectivity index (χ3v) is 4.48. The molecule has 31 heavy (non-hydrogen) atoms. The summed E-state index contributed by atoms with van der Waals surface area (Å²) >= 11 is 0. The van der Waals surface area contributed by atoms with Crippen molar-refractivity contribution < 1.29 is 14.3 Å². The molecule has 0 spiro atoms. The molecular weight excluding hydrogens is 396 g/mol. The van der Waals surface area contributed by atoms with E-state index in [1.807, 2.05) is 6.07 Å². The molecule has 4 aromatic rings. The molecule has 2 aromatic heterocycles. The lowest BCUT2D eigenvalue weighted by Gasteiger charge is -2.13. The van der Waals surface area contributed by atoms with Crippen LogP contribution in [0.5, 0.6) is 11.5 Å². The van der Waals surface area contributed by atoms with E-state index in [-0.39, 0.29) is 12.2 Å². The van der Waals surface area contributed by atoms with Crippen molar-refractivity contribution in [1.82, 2.24) is 9.38 Å². The number of urea groups is 1. The second-order valence-corrected chi connectivity index (χ2v) is 6.61. The number of nitrogens with zero attached hydrogens (tertiary/aromatic N) is 2. The first kappa shape index (κ1) is 20.0. The minimum absolute atomic E-state index is 0.0828. The molecule has 8 heteroatoms. The number of hydrogen-bond acceptors (Lipinski definition) is 5. The number of amides is 2. The van der Waals surface area contributed by atoms with Gasteiger partial charge in [-0.05, 0) is 48.5 Å². The third-order valence-electron chi connectivity index (χ3n) is 4.48. The Morgan fingerprint density at radius 1 is 1.00 bits per heavy atom. The van der Waals surface area contributed by atoms with Crippen LogP contribution in [0.1, 0.15) is 5.69 Å². The highest BCUT2D eigenvalue weighted by atomic mass is 16.5. The van der Waals surface area contributed by atoms with Gasteiger partial charge in [0.25, 0.3) is 5.56 Å². The molecule has 0 aliphatic rings. The molecule has 0 bridgehead atoms.